The van der Waals surface area contributed by atoms with Gasteiger partial charge in [-0.1, -0.05) is 36.5 Å². The number of carboxylic acids is 1. The number of pyridine rings is 1. The molecule has 35 heavy (non-hydrogen) atoms. The number of amides is 1. The molecule has 2 saturated heterocycles. The van der Waals surface area contributed by atoms with Crippen LogP contribution < -0.4 is 10.5 Å². The highest BCUT2D eigenvalue weighted by atomic mass is 32.2. The highest BCUT2D eigenvalue weighted by Crippen LogP contribution is 2.34. The van der Waals surface area contributed by atoms with Crippen molar-refractivity contribution in [1.82, 2.24) is 19.2 Å². The van der Waals surface area contributed by atoms with Crippen molar-refractivity contribution in [2.45, 2.75) is 32.6 Å². The maximum absolute atomic E-state index is 13.6. The van der Waals surface area contributed by atoms with Gasteiger partial charge in [-0.25, -0.2) is 4.98 Å². The van der Waals surface area contributed by atoms with Crippen LogP contribution in [0.3, 0.4) is 0 Å². The fourth-order valence-corrected chi connectivity index (χ4v) is 5.52. The number of piperazine rings is 1. The fourth-order valence-electron chi connectivity index (χ4n) is 4.23. The summed E-state index contributed by atoms with van der Waals surface area (Å²) in [6, 6.07) is 3.74. The number of carbonyl (C=O) groups is 2. The number of aliphatic carboxylic acids is 1. The fraction of sp³-hybridized carbons (Fsp3) is 0.458. The maximum atomic E-state index is 13.6. The molecule has 0 aromatic carbocycles. The minimum Gasteiger partial charge on any atom is -0.481 e. The Bertz CT molecular complexity index is 1250. The summed E-state index contributed by atoms with van der Waals surface area (Å²) in [6.45, 7) is 5.56. The largest absolute Gasteiger partial charge is 0.481 e. The first kappa shape index (κ1) is 25.3. The third-order valence-electron chi connectivity index (χ3n) is 6.29. The van der Waals surface area contributed by atoms with Crippen LogP contribution in [-0.4, -0.2) is 80.3 Å². The number of fused-ring (bicyclic) bond motifs is 1. The molecular weight excluding hydrogens is 486 g/mol. The molecule has 1 amide bonds. The lowest BCUT2D eigenvalue weighted by atomic mass is 10.2. The summed E-state index contributed by atoms with van der Waals surface area (Å²) in [6.07, 6.45) is 5.38. The van der Waals surface area contributed by atoms with Gasteiger partial charge in [0.05, 0.1) is 10.5 Å². The predicted molar refractivity (Wildman–Crippen MR) is 142 cm³/mol. The van der Waals surface area contributed by atoms with E-state index in [1.54, 1.807) is 17.2 Å². The Kier molecular flexibility index (Phi) is 7.88. The van der Waals surface area contributed by atoms with Crippen LogP contribution in [0, 0.1) is 6.92 Å². The van der Waals surface area contributed by atoms with Crippen LogP contribution >= 0.6 is 24.0 Å². The third kappa shape index (κ3) is 5.57. The van der Waals surface area contributed by atoms with Crippen molar-refractivity contribution in [1.29, 1.82) is 0 Å². The van der Waals surface area contributed by atoms with Gasteiger partial charge in [-0.2, -0.15) is 0 Å². The van der Waals surface area contributed by atoms with E-state index < -0.39 is 5.97 Å². The Hall–Kier alpha value is -2.76. The molecule has 9 nitrogen and oxygen atoms in total. The summed E-state index contributed by atoms with van der Waals surface area (Å²) in [5, 5.41) is 8.78. The number of rotatable bonds is 8. The second kappa shape index (κ2) is 10.9. The lowest BCUT2D eigenvalue weighted by Crippen LogP contribution is -2.45. The molecule has 0 atom stereocenters. The zero-order valence-corrected chi connectivity index (χ0v) is 21.5. The number of aromatic nitrogens is 2. The van der Waals surface area contributed by atoms with Gasteiger partial charge >= 0.3 is 5.97 Å². The van der Waals surface area contributed by atoms with E-state index in [0.717, 1.165) is 31.7 Å². The molecule has 2 aliphatic rings. The van der Waals surface area contributed by atoms with Crippen LogP contribution in [0.4, 0.5) is 5.82 Å². The molecule has 11 heteroatoms. The molecule has 0 radical (unpaired) electrons. The molecule has 2 aromatic heterocycles. The molecule has 4 rings (SSSR count). The number of carboxylic acid groups (broad SMARTS) is 1. The van der Waals surface area contributed by atoms with Crippen molar-refractivity contribution in [3.8, 4) is 0 Å². The number of nitrogens with zero attached hydrogens (tertiary/aromatic N) is 5. The lowest BCUT2D eigenvalue weighted by molar-refractivity contribution is -0.137. The second-order valence-corrected chi connectivity index (χ2v) is 10.5. The van der Waals surface area contributed by atoms with E-state index in [9.17, 15) is 14.4 Å². The predicted octanol–water partition coefficient (Wildman–Crippen LogP) is 2.60. The lowest BCUT2D eigenvalue weighted by Gasteiger charge is -2.34. The smallest absolute Gasteiger partial charge is 0.303 e. The van der Waals surface area contributed by atoms with Gasteiger partial charge in [-0.15, -0.1) is 0 Å². The van der Waals surface area contributed by atoms with Crippen LogP contribution in [0.25, 0.3) is 11.7 Å². The number of hydrogen-bond acceptors (Lipinski definition) is 8. The van der Waals surface area contributed by atoms with Crippen molar-refractivity contribution in [2.75, 3.05) is 44.7 Å². The second-order valence-electron chi connectivity index (χ2n) is 8.87. The van der Waals surface area contributed by atoms with E-state index in [1.165, 1.54) is 16.2 Å². The highest BCUT2D eigenvalue weighted by molar-refractivity contribution is 8.26. The average Bonchev–Trinajstić information content (AvgIpc) is 3.08. The normalized spacial score (nSPS) is 18.3. The molecule has 0 saturated carbocycles. The number of carbonyl (C=O) groups excluding carboxylic acids is 1. The molecular formula is C24H29N5O4S2. The van der Waals surface area contributed by atoms with Gasteiger partial charge in [-0.3, -0.25) is 23.7 Å². The molecule has 0 spiro atoms. The molecule has 2 aliphatic heterocycles. The molecule has 1 N–H and O–H groups in total. The zero-order valence-electron chi connectivity index (χ0n) is 19.9. The van der Waals surface area contributed by atoms with E-state index in [-0.39, 0.29) is 17.9 Å². The van der Waals surface area contributed by atoms with Crippen LogP contribution in [0.1, 0.15) is 36.8 Å². The summed E-state index contributed by atoms with van der Waals surface area (Å²) in [5.41, 5.74) is 1.68. The van der Waals surface area contributed by atoms with E-state index in [4.69, 9.17) is 22.3 Å². The van der Waals surface area contributed by atoms with Gasteiger partial charge in [0.15, 0.2) is 0 Å². The Morgan fingerprint density at radius 2 is 1.94 bits per heavy atom. The van der Waals surface area contributed by atoms with Crippen molar-refractivity contribution in [2.24, 2.45) is 0 Å². The molecule has 0 bridgehead atoms. The van der Waals surface area contributed by atoms with Crippen LogP contribution in [-0.2, 0) is 9.59 Å². The number of aryl methyl sites for hydroxylation is 1. The topological polar surface area (TPSA) is 98.5 Å². The van der Waals surface area contributed by atoms with Gasteiger partial charge in [0.2, 0.25) is 0 Å². The summed E-state index contributed by atoms with van der Waals surface area (Å²) in [5.74, 6) is -0.451. The maximum Gasteiger partial charge on any atom is 0.303 e. The van der Waals surface area contributed by atoms with Crippen molar-refractivity contribution < 1.29 is 14.7 Å². The number of anilines is 1. The minimum absolute atomic E-state index is 0.117. The molecule has 0 aliphatic carbocycles. The minimum atomic E-state index is -0.819. The van der Waals surface area contributed by atoms with E-state index in [0.29, 0.717) is 52.1 Å². The van der Waals surface area contributed by atoms with Crippen molar-refractivity contribution in [3.63, 3.8) is 0 Å². The van der Waals surface area contributed by atoms with Gasteiger partial charge in [-0.05, 0) is 44.5 Å². The number of thiocarbonyl (C=S) groups is 1. The molecule has 0 unspecified atom stereocenters. The monoisotopic (exact) mass is 515 g/mol. The Morgan fingerprint density at radius 1 is 1.20 bits per heavy atom. The van der Waals surface area contributed by atoms with Gasteiger partial charge in [0.25, 0.3) is 11.5 Å². The highest BCUT2D eigenvalue weighted by Gasteiger charge is 2.32. The SMILES string of the molecule is Cc1cccn2c(=O)c(/C=C3\SC(=S)N(CCCCCC(=O)O)C3=O)c(N3CCN(C)CC3)nc12. The number of hydrogen-bond donors (Lipinski definition) is 1. The number of thioether (sulfide) groups is 1. The molecule has 4 heterocycles. The Balaban J connectivity index is 1.65. The van der Waals surface area contributed by atoms with Gasteiger partial charge in [0, 0.05) is 45.3 Å². The molecule has 186 valence electrons. The first-order valence-electron chi connectivity index (χ1n) is 11.7. The quantitative estimate of drug-likeness (QED) is 0.323. The van der Waals surface area contributed by atoms with Crippen molar-refractivity contribution >= 4 is 57.7 Å². The van der Waals surface area contributed by atoms with Crippen LogP contribution in [0.15, 0.2) is 28.0 Å². The van der Waals surface area contributed by atoms with Gasteiger partial charge < -0.3 is 14.9 Å². The Morgan fingerprint density at radius 3 is 2.66 bits per heavy atom. The average molecular weight is 516 g/mol. The first-order valence-corrected chi connectivity index (χ1v) is 12.9. The van der Waals surface area contributed by atoms with E-state index >= 15 is 0 Å². The standard InChI is InChI=1S/C24H29N5O4S2/c1-16-7-6-10-28-20(16)25-21(27-13-11-26(2)12-14-27)17(22(28)32)15-18-23(33)29(24(34)35-18)9-5-3-4-8-19(30)31/h6-7,10,15H,3-5,8-9,11-14H2,1-2H3,(H,30,31)/b18-15-. The summed E-state index contributed by atoms with van der Waals surface area (Å²) < 4.78 is 1.98. The van der Waals surface area contributed by atoms with Crippen LogP contribution in [0.5, 0.6) is 0 Å². The summed E-state index contributed by atoms with van der Waals surface area (Å²) in [4.78, 5) is 48.6. The zero-order chi connectivity index (χ0) is 25.1. The number of unbranched alkanes of at least 4 members (excludes halogenated alkanes) is 2. The number of likely N-dealkylation sites (N-methyl/N-ethyl adjacent to an activating group) is 1. The summed E-state index contributed by atoms with van der Waals surface area (Å²) in [7, 11) is 2.07. The molecule has 2 aromatic rings. The van der Waals surface area contributed by atoms with Gasteiger partial charge in [0.1, 0.15) is 15.8 Å². The Labute approximate surface area is 213 Å². The van der Waals surface area contributed by atoms with E-state index in [1.807, 2.05) is 19.1 Å². The first-order chi connectivity index (χ1) is 16.8. The van der Waals surface area contributed by atoms with E-state index in [2.05, 4.69) is 16.8 Å². The van der Waals surface area contributed by atoms with Crippen molar-refractivity contribution in [3.05, 3.63) is 44.7 Å². The van der Waals surface area contributed by atoms with Crippen LogP contribution in [0.2, 0.25) is 0 Å². The third-order valence-corrected chi connectivity index (χ3v) is 7.67. The summed E-state index contributed by atoms with van der Waals surface area (Å²) >= 11 is 6.64. The molecule has 2 fully saturated rings.